The Labute approximate surface area is 205 Å². The van der Waals surface area contributed by atoms with Gasteiger partial charge in [0.05, 0.1) is 12.4 Å². The van der Waals surface area contributed by atoms with Gasteiger partial charge in [0.25, 0.3) is 11.5 Å². The lowest BCUT2D eigenvalue weighted by Gasteiger charge is -2.45. The highest BCUT2D eigenvalue weighted by molar-refractivity contribution is 6.05. The second-order valence-electron chi connectivity index (χ2n) is 9.59. The summed E-state index contributed by atoms with van der Waals surface area (Å²) in [6, 6.07) is 1.34. The second-order valence-corrected chi connectivity index (χ2v) is 9.59. The van der Waals surface area contributed by atoms with Crippen LogP contribution in [0.3, 0.4) is 0 Å². The molecular formula is C26H35FN6O2. The molecule has 0 aliphatic carbocycles. The Hall–Kier alpha value is -3.10. The van der Waals surface area contributed by atoms with E-state index in [0.717, 1.165) is 25.0 Å². The number of alkyl halides is 1. The van der Waals surface area contributed by atoms with Crippen LogP contribution in [0.5, 0.6) is 0 Å². The van der Waals surface area contributed by atoms with Crippen LogP contribution in [0.1, 0.15) is 80.5 Å². The van der Waals surface area contributed by atoms with Crippen LogP contribution in [-0.4, -0.2) is 54.6 Å². The number of amides is 1. The first kappa shape index (κ1) is 25.0. The van der Waals surface area contributed by atoms with Crippen molar-refractivity contribution in [1.82, 2.24) is 29.5 Å². The summed E-state index contributed by atoms with van der Waals surface area (Å²) in [6.07, 6.45) is 12.1. The molecule has 9 heteroatoms. The molecule has 2 atom stereocenters. The molecule has 1 aliphatic rings. The van der Waals surface area contributed by atoms with E-state index in [1.807, 2.05) is 6.92 Å². The molecule has 1 amide bonds. The van der Waals surface area contributed by atoms with Gasteiger partial charge >= 0.3 is 0 Å². The molecule has 35 heavy (non-hydrogen) atoms. The van der Waals surface area contributed by atoms with E-state index in [4.69, 9.17) is 0 Å². The van der Waals surface area contributed by atoms with E-state index in [9.17, 15) is 14.0 Å². The Kier molecular flexibility index (Phi) is 7.93. The third-order valence-corrected chi connectivity index (χ3v) is 7.10. The lowest BCUT2D eigenvalue weighted by molar-refractivity contribution is 0.0142. The Balaban J connectivity index is 1.67. The molecule has 0 radical (unpaired) electrons. The van der Waals surface area contributed by atoms with E-state index in [-0.39, 0.29) is 29.0 Å². The Morgan fingerprint density at radius 2 is 1.83 bits per heavy atom. The van der Waals surface area contributed by atoms with Crippen molar-refractivity contribution >= 4 is 11.6 Å². The predicted molar refractivity (Wildman–Crippen MR) is 133 cm³/mol. The standard InChI is InChI=1S/C26H35FN6O2/c1-4-5-6-7-8-9-10-11-20-14-21(34)33-25(30-20)22(26(35)32-16-19(15-27)18(32)3)24(31-33)23-17(2)28-12-13-29-23/h12-14,18-19,30H,4-11,15-16H2,1-3H3. The van der Waals surface area contributed by atoms with E-state index in [1.165, 1.54) is 36.6 Å². The molecular weight excluding hydrogens is 447 g/mol. The average Bonchev–Trinajstić information content (AvgIpc) is 3.23. The number of carbonyl (C=O) groups is 1. The fraction of sp³-hybridized carbons (Fsp3) is 0.577. The van der Waals surface area contributed by atoms with Gasteiger partial charge in [-0.05, 0) is 26.7 Å². The maximum atomic E-state index is 13.7. The maximum absolute atomic E-state index is 13.7. The van der Waals surface area contributed by atoms with Crippen LogP contribution in [0.2, 0.25) is 0 Å². The number of aryl methyl sites for hydroxylation is 2. The van der Waals surface area contributed by atoms with Crippen LogP contribution >= 0.6 is 0 Å². The number of nitrogens with one attached hydrogen (secondary N) is 1. The first-order valence-corrected chi connectivity index (χ1v) is 12.8. The summed E-state index contributed by atoms with van der Waals surface area (Å²) in [5.41, 5.74) is 2.52. The van der Waals surface area contributed by atoms with E-state index in [1.54, 1.807) is 30.3 Å². The molecule has 1 fully saturated rings. The number of unbranched alkanes of at least 4 members (excludes halogenated alkanes) is 6. The smallest absolute Gasteiger partial charge is 0.274 e. The van der Waals surface area contributed by atoms with Gasteiger partial charge in [0.1, 0.15) is 17.0 Å². The number of aromatic nitrogens is 5. The van der Waals surface area contributed by atoms with Crippen molar-refractivity contribution in [3.63, 3.8) is 0 Å². The Bertz CT molecular complexity index is 1240. The number of aromatic amines is 1. The van der Waals surface area contributed by atoms with Crippen molar-refractivity contribution in [2.45, 2.75) is 78.2 Å². The summed E-state index contributed by atoms with van der Waals surface area (Å²) in [7, 11) is 0. The highest BCUT2D eigenvalue weighted by atomic mass is 19.1. The minimum atomic E-state index is -0.463. The SMILES string of the molecule is CCCCCCCCCc1cc(=O)n2nc(-c3nccnc3C)c(C(=O)N3CC(CF)C3C)c2[nH]1. The molecule has 1 N–H and O–H groups in total. The van der Waals surface area contributed by atoms with Crippen LogP contribution < -0.4 is 5.56 Å². The van der Waals surface area contributed by atoms with Crippen molar-refractivity contribution in [1.29, 1.82) is 0 Å². The molecule has 4 heterocycles. The van der Waals surface area contributed by atoms with Crippen LogP contribution in [-0.2, 0) is 6.42 Å². The minimum absolute atomic E-state index is 0.172. The molecule has 3 aromatic rings. The van der Waals surface area contributed by atoms with Gasteiger partial charge in [-0.25, -0.2) is 0 Å². The van der Waals surface area contributed by atoms with Crippen molar-refractivity contribution in [3.8, 4) is 11.4 Å². The monoisotopic (exact) mass is 482 g/mol. The summed E-state index contributed by atoms with van der Waals surface area (Å²) in [5.74, 6) is -0.449. The fourth-order valence-electron chi connectivity index (χ4n) is 4.78. The molecule has 0 aromatic carbocycles. The van der Waals surface area contributed by atoms with E-state index in [0.29, 0.717) is 29.3 Å². The van der Waals surface area contributed by atoms with Gasteiger partial charge in [-0.2, -0.15) is 9.61 Å². The van der Waals surface area contributed by atoms with Crippen LogP contribution in [0.15, 0.2) is 23.3 Å². The summed E-state index contributed by atoms with van der Waals surface area (Å²) >= 11 is 0. The first-order chi connectivity index (χ1) is 17.0. The highest BCUT2D eigenvalue weighted by Crippen LogP contribution is 2.32. The van der Waals surface area contributed by atoms with Crippen molar-refractivity contribution in [2.75, 3.05) is 13.2 Å². The summed E-state index contributed by atoms with van der Waals surface area (Å²) in [4.78, 5) is 40.3. The fourth-order valence-corrected chi connectivity index (χ4v) is 4.78. The van der Waals surface area contributed by atoms with Crippen LogP contribution in [0.4, 0.5) is 4.39 Å². The highest BCUT2D eigenvalue weighted by Gasteiger charge is 2.41. The third kappa shape index (κ3) is 5.13. The van der Waals surface area contributed by atoms with E-state index >= 15 is 0 Å². The summed E-state index contributed by atoms with van der Waals surface area (Å²) in [5, 5.41) is 4.50. The van der Waals surface area contributed by atoms with Gasteiger partial charge in [-0.1, -0.05) is 45.4 Å². The molecule has 0 spiro atoms. The largest absolute Gasteiger partial charge is 0.343 e. The maximum Gasteiger partial charge on any atom is 0.274 e. The zero-order valence-corrected chi connectivity index (χ0v) is 20.9. The number of carbonyl (C=O) groups excluding carboxylic acids is 1. The first-order valence-electron chi connectivity index (χ1n) is 12.8. The van der Waals surface area contributed by atoms with Gasteiger partial charge < -0.3 is 9.88 Å². The van der Waals surface area contributed by atoms with Gasteiger partial charge in [-0.3, -0.25) is 23.9 Å². The number of hydrogen-bond donors (Lipinski definition) is 1. The van der Waals surface area contributed by atoms with E-state index < -0.39 is 6.67 Å². The van der Waals surface area contributed by atoms with Gasteiger partial charge in [-0.15, -0.1) is 0 Å². The van der Waals surface area contributed by atoms with Crippen molar-refractivity contribution in [3.05, 3.63) is 45.8 Å². The Morgan fingerprint density at radius 3 is 2.51 bits per heavy atom. The predicted octanol–water partition coefficient (Wildman–Crippen LogP) is 4.51. The number of rotatable bonds is 11. The van der Waals surface area contributed by atoms with Crippen LogP contribution in [0.25, 0.3) is 17.0 Å². The normalized spacial score (nSPS) is 17.7. The zero-order valence-electron chi connectivity index (χ0n) is 20.9. The lowest BCUT2D eigenvalue weighted by Crippen LogP contribution is -2.58. The molecule has 3 aromatic heterocycles. The summed E-state index contributed by atoms with van der Waals surface area (Å²) in [6.45, 7) is 5.73. The van der Waals surface area contributed by atoms with Crippen molar-refractivity contribution in [2.24, 2.45) is 5.92 Å². The molecule has 1 aliphatic heterocycles. The van der Waals surface area contributed by atoms with Crippen molar-refractivity contribution < 1.29 is 9.18 Å². The Morgan fingerprint density at radius 1 is 1.11 bits per heavy atom. The second kappa shape index (κ2) is 11.1. The zero-order chi connectivity index (χ0) is 24.9. The number of hydrogen-bond acceptors (Lipinski definition) is 5. The molecule has 4 rings (SSSR count). The quantitative estimate of drug-likeness (QED) is 0.406. The number of nitrogens with zero attached hydrogens (tertiary/aromatic N) is 5. The molecule has 2 unspecified atom stereocenters. The molecule has 0 bridgehead atoms. The molecule has 1 saturated heterocycles. The lowest BCUT2D eigenvalue weighted by atomic mass is 9.90. The van der Waals surface area contributed by atoms with Gasteiger partial charge in [0.15, 0.2) is 5.65 Å². The van der Waals surface area contributed by atoms with Crippen LogP contribution in [0, 0.1) is 12.8 Å². The number of fused-ring (bicyclic) bond motifs is 1. The van der Waals surface area contributed by atoms with Gasteiger partial charge in [0, 0.05) is 42.7 Å². The minimum Gasteiger partial charge on any atom is -0.343 e. The number of likely N-dealkylation sites (tertiary alicyclic amines) is 1. The molecule has 188 valence electrons. The molecule has 8 nitrogen and oxygen atoms in total. The topological polar surface area (TPSA) is 96.2 Å². The molecule has 0 saturated carbocycles. The average molecular weight is 483 g/mol. The van der Waals surface area contributed by atoms with E-state index in [2.05, 4.69) is 27.0 Å². The number of halogens is 1. The summed E-state index contributed by atoms with van der Waals surface area (Å²) < 4.78 is 14.5. The third-order valence-electron chi connectivity index (χ3n) is 7.10. The van der Waals surface area contributed by atoms with Gasteiger partial charge in [0.2, 0.25) is 0 Å². The number of H-pyrrole nitrogens is 1.